The Labute approximate surface area is 393 Å². The van der Waals surface area contributed by atoms with E-state index in [2.05, 4.69) is 5.32 Å². The molecule has 0 aliphatic heterocycles. The first kappa shape index (κ1) is 53.7. The van der Waals surface area contributed by atoms with Crippen molar-refractivity contribution in [3.63, 3.8) is 0 Å². The third-order valence-electron chi connectivity index (χ3n) is 11.5. The lowest BCUT2D eigenvalue weighted by atomic mass is 9.80. The number of methoxy groups -OCH3 is 1. The Morgan fingerprint density at radius 1 is 0.537 bits per heavy atom. The number of aliphatic hydroxyl groups is 4. The van der Waals surface area contributed by atoms with Crippen LogP contribution in [0.25, 0.3) is 0 Å². The van der Waals surface area contributed by atoms with E-state index in [1.165, 1.54) is 86.8 Å². The number of alkyl carbamates (subject to hydrolysis) is 1. The number of ketones is 4. The molecule has 0 fully saturated rings. The number of Topliss-reactive ketones (excluding diaryl/α,β-unsaturated/α-hetero) is 4. The largest absolute Gasteiger partial charge is 0.526 e. The van der Waals surface area contributed by atoms with Gasteiger partial charge in [0.2, 0.25) is 0 Å². The lowest BCUT2D eigenvalue weighted by Crippen LogP contribution is -2.55. The van der Waals surface area contributed by atoms with E-state index in [-0.39, 0.29) is 41.3 Å². The number of nitrogens with zero attached hydrogens (tertiary/aromatic N) is 1. The van der Waals surface area contributed by atoms with Gasteiger partial charge >= 0.3 is 12.2 Å². The normalized spacial score (nSPS) is 13.1. The van der Waals surface area contributed by atoms with Crippen molar-refractivity contribution in [1.29, 1.82) is 0 Å². The Morgan fingerprint density at radius 2 is 0.851 bits per heavy atom. The van der Waals surface area contributed by atoms with E-state index < -0.39 is 73.7 Å². The molecule has 4 aromatic rings. The number of amides is 2. The number of rotatable bonds is 20. The van der Waals surface area contributed by atoms with Crippen LogP contribution in [0.3, 0.4) is 0 Å². The summed E-state index contributed by atoms with van der Waals surface area (Å²) >= 11 is 0. The van der Waals surface area contributed by atoms with Crippen LogP contribution in [0.5, 0.6) is 0 Å². The molecule has 0 spiro atoms. The van der Waals surface area contributed by atoms with E-state index in [0.29, 0.717) is 35.3 Å². The Kier molecular flexibility index (Phi) is 16.5. The first-order valence-electron chi connectivity index (χ1n) is 22.2. The fraction of sp³-hybridized carbons (Fsp3) is 0.434. The van der Waals surface area contributed by atoms with Crippen LogP contribution in [-0.4, -0.2) is 98.3 Å². The summed E-state index contributed by atoms with van der Waals surface area (Å²) in [6, 6.07) is 25.4. The molecule has 1 atom stereocenters. The molecule has 0 radical (unpaired) electrons. The average Bonchev–Trinajstić information content (AvgIpc) is 3.25. The highest BCUT2D eigenvalue weighted by Crippen LogP contribution is 2.42. The summed E-state index contributed by atoms with van der Waals surface area (Å²) in [6.07, 6.45) is -1.28. The smallest absolute Gasteiger partial charge is 0.436 e. The summed E-state index contributed by atoms with van der Waals surface area (Å²) in [4.78, 5) is 79.2. The van der Waals surface area contributed by atoms with Crippen molar-refractivity contribution in [3.05, 3.63) is 130 Å². The third-order valence-corrected chi connectivity index (χ3v) is 11.5. The van der Waals surface area contributed by atoms with Gasteiger partial charge in [0.15, 0.2) is 29.2 Å². The molecule has 1 unspecified atom stereocenters. The minimum absolute atomic E-state index is 0.0223. The van der Waals surface area contributed by atoms with Gasteiger partial charge in [-0.3, -0.25) is 19.2 Å². The zero-order valence-electron chi connectivity index (χ0n) is 40.7. The predicted octanol–water partition coefficient (Wildman–Crippen LogP) is 8.86. The van der Waals surface area contributed by atoms with Gasteiger partial charge in [-0.2, -0.15) is 9.28 Å². The van der Waals surface area contributed by atoms with Crippen molar-refractivity contribution in [2.24, 2.45) is 11.3 Å². The molecule has 14 heteroatoms. The molecule has 5 N–H and O–H groups in total. The van der Waals surface area contributed by atoms with Gasteiger partial charge in [0.1, 0.15) is 40.3 Å². The Morgan fingerprint density at radius 3 is 1.15 bits per heavy atom. The molecule has 4 aromatic carbocycles. The summed E-state index contributed by atoms with van der Waals surface area (Å²) in [6.45, 7) is 17.5. The highest BCUT2D eigenvalue weighted by atomic mass is 16.6. The highest BCUT2D eigenvalue weighted by Gasteiger charge is 2.48. The van der Waals surface area contributed by atoms with Crippen LogP contribution in [0.4, 0.5) is 21.0 Å². The molecule has 0 bridgehead atoms. The van der Waals surface area contributed by atoms with E-state index in [1.54, 1.807) is 72.8 Å². The third kappa shape index (κ3) is 13.4. The molecule has 0 saturated heterocycles. The Hall–Kier alpha value is -5.90. The maximum atomic E-state index is 14.3. The summed E-state index contributed by atoms with van der Waals surface area (Å²) in [7, 11) is 1.28. The summed E-state index contributed by atoms with van der Waals surface area (Å²) in [5.74, 6) is -2.00. The summed E-state index contributed by atoms with van der Waals surface area (Å²) in [5, 5.41) is 44.2. The van der Waals surface area contributed by atoms with Crippen molar-refractivity contribution < 1.29 is 58.7 Å². The molecular weight excluding hydrogens is 857 g/mol. The van der Waals surface area contributed by atoms with Crippen LogP contribution < -0.4 is 9.80 Å². The molecule has 360 valence electrons. The van der Waals surface area contributed by atoms with Crippen LogP contribution in [0, 0.1) is 11.3 Å². The Bertz CT molecular complexity index is 2270. The lowest BCUT2D eigenvalue weighted by molar-refractivity contribution is 0.0487. The predicted molar refractivity (Wildman–Crippen MR) is 256 cm³/mol. The van der Waals surface area contributed by atoms with Gasteiger partial charge < -0.3 is 35.2 Å². The zero-order valence-corrected chi connectivity index (χ0v) is 40.7. The van der Waals surface area contributed by atoms with Gasteiger partial charge in [0.25, 0.3) is 0 Å². The number of carbonyl (C=O) groups excluding carboxylic acids is 6. The van der Waals surface area contributed by atoms with Crippen molar-refractivity contribution in [2.75, 3.05) is 20.2 Å². The zero-order chi connectivity index (χ0) is 50.5. The maximum Gasteiger partial charge on any atom is 0.526 e. The average molecular weight is 924 g/mol. The topological polar surface area (TPSA) is 214 Å². The fourth-order valence-corrected chi connectivity index (χ4v) is 8.18. The van der Waals surface area contributed by atoms with Crippen molar-refractivity contribution >= 4 is 46.7 Å². The molecule has 14 nitrogen and oxygen atoms in total. The molecule has 0 aliphatic carbocycles. The molecule has 0 saturated carbocycles. The Balaban J connectivity index is 1.58. The second kappa shape index (κ2) is 20.5. The van der Waals surface area contributed by atoms with Gasteiger partial charge in [-0.25, -0.2) is 4.79 Å². The van der Waals surface area contributed by atoms with Crippen molar-refractivity contribution in [3.8, 4) is 0 Å². The molecule has 0 aliphatic rings. The quantitative estimate of drug-likeness (QED) is 0.0415. The first-order chi connectivity index (χ1) is 30.8. The number of nitrogens with one attached hydrogen (secondary N) is 1. The maximum absolute atomic E-state index is 14.3. The monoisotopic (exact) mass is 923 g/mol. The van der Waals surface area contributed by atoms with Gasteiger partial charge in [-0.1, -0.05) is 69.3 Å². The highest BCUT2D eigenvalue weighted by molar-refractivity contribution is 6.04. The molecule has 67 heavy (non-hydrogen) atoms. The number of hydrogen-bond donors (Lipinski definition) is 5. The number of quaternary nitrogens is 1. The van der Waals surface area contributed by atoms with Gasteiger partial charge in [-0.15, -0.1) is 0 Å². The van der Waals surface area contributed by atoms with Crippen molar-refractivity contribution in [2.45, 2.75) is 118 Å². The molecule has 0 heterocycles. The fourth-order valence-electron chi connectivity index (χ4n) is 8.18. The number of ether oxygens (including phenoxy) is 2. The molecule has 2 amide bonds. The van der Waals surface area contributed by atoms with Crippen LogP contribution in [-0.2, 0) is 9.47 Å². The molecular formula is C53H67N2O12+. The van der Waals surface area contributed by atoms with E-state index in [4.69, 9.17) is 9.47 Å². The van der Waals surface area contributed by atoms with Gasteiger partial charge in [-0.05, 0) is 110 Å². The minimum atomic E-state index is -1.63. The molecule has 0 aromatic heterocycles. The van der Waals surface area contributed by atoms with Gasteiger partial charge in [0, 0.05) is 58.5 Å². The van der Waals surface area contributed by atoms with E-state index in [9.17, 15) is 49.2 Å². The standard InChI is InChI=1S/C53H66N2O12/c1-33(29-30-54-47(60)67-42(34-13-17-36(18-14-34)43(56)50(4,5)62)35-15-19-37(20-16-35)44(57)51(6,7)63)31-49(2,3)32-55(48(61)66-12,40-25-21-38(22-26-40)45(58)52(8,9)64)41-27-23-39(24-28-41)46(59)53(10,11)65/h13-28,33,42,62-65H,29-32H2,1-12H3/p+1. The van der Waals surface area contributed by atoms with Gasteiger partial charge in [0.05, 0.1) is 7.11 Å². The van der Waals surface area contributed by atoms with Crippen LogP contribution in [0.1, 0.15) is 148 Å². The van der Waals surface area contributed by atoms with E-state index in [1.807, 2.05) is 20.8 Å². The minimum Gasteiger partial charge on any atom is -0.436 e. The number of hydrogen-bond acceptors (Lipinski definition) is 12. The van der Waals surface area contributed by atoms with Crippen LogP contribution >= 0.6 is 0 Å². The van der Waals surface area contributed by atoms with Crippen molar-refractivity contribution in [1.82, 2.24) is 9.80 Å². The van der Waals surface area contributed by atoms with Crippen LogP contribution in [0.15, 0.2) is 97.1 Å². The van der Waals surface area contributed by atoms with E-state index >= 15 is 0 Å². The SMILES string of the molecule is COC(=O)[N+](CC(C)(C)CC(C)CCNC(=O)OC(c1ccc(C(=O)C(C)(C)O)cc1)c1ccc(C(=O)C(C)(C)O)cc1)(c1ccc(C(=O)C(C)(C)O)cc1)c1ccc(C(=O)C(C)(C)O)cc1. The lowest BCUT2D eigenvalue weighted by Gasteiger charge is -2.40. The van der Waals surface area contributed by atoms with Crippen LogP contribution in [0.2, 0.25) is 0 Å². The number of carbonyl (C=O) groups is 6. The molecule has 4 rings (SSSR count). The second-order valence-electron chi connectivity index (χ2n) is 20.3. The summed E-state index contributed by atoms with van der Waals surface area (Å²) < 4.78 is 11.0. The summed E-state index contributed by atoms with van der Waals surface area (Å²) in [5.41, 5.74) is -4.13. The van der Waals surface area contributed by atoms with E-state index in [0.717, 1.165) is 0 Å². The second-order valence-corrected chi connectivity index (χ2v) is 20.3. The first-order valence-corrected chi connectivity index (χ1v) is 22.2. The number of benzene rings is 4.